The largest absolute Gasteiger partial charge is 0.372 e. The third-order valence-corrected chi connectivity index (χ3v) is 2.75. The van der Waals surface area contributed by atoms with Gasteiger partial charge < -0.3 is 15.4 Å². The Morgan fingerprint density at radius 3 is 2.00 bits per heavy atom. The van der Waals surface area contributed by atoms with Crippen LogP contribution in [0.3, 0.4) is 0 Å². The van der Waals surface area contributed by atoms with Gasteiger partial charge in [-0.15, -0.1) is 0 Å². The van der Waals surface area contributed by atoms with Crippen LogP contribution in [-0.2, 0) is 14.3 Å². The number of hydrogen-bond acceptors (Lipinski definition) is 3. The molecule has 0 aromatic heterocycles. The van der Waals surface area contributed by atoms with Crippen LogP contribution in [0.5, 0.6) is 0 Å². The number of carbonyl (C=O) groups excluding carboxylic acids is 2. The molecule has 0 saturated heterocycles. The van der Waals surface area contributed by atoms with Crippen molar-refractivity contribution in [2.24, 2.45) is 5.92 Å². The van der Waals surface area contributed by atoms with Gasteiger partial charge in [-0.1, -0.05) is 13.8 Å². The van der Waals surface area contributed by atoms with Gasteiger partial charge in [-0.3, -0.25) is 9.59 Å². The van der Waals surface area contributed by atoms with Crippen LogP contribution in [-0.4, -0.2) is 25.0 Å². The van der Waals surface area contributed by atoms with Crippen LogP contribution in [0.2, 0.25) is 0 Å². The molecule has 0 fully saturated rings. The summed E-state index contributed by atoms with van der Waals surface area (Å²) in [5.74, 6) is 0.109. The quantitative estimate of drug-likeness (QED) is 0.840. The van der Waals surface area contributed by atoms with E-state index in [2.05, 4.69) is 10.6 Å². The van der Waals surface area contributed by atoms with Gasteiger partial charge in [0.05, 0.1) is 0 Å². The molecule has 1 unspecified atom stereocenters. The molecule has 1 aromatic carbocycles. The first-order valence-electron chi connectivity index (χ1n) is 6.66. The minimum atomic E-state index is -0.500. The highest BCUT2D eigenvalue weighted by molar-refractivity contribution is 5.94. The average Bonchev–Trinajstić information content (AvgIpc) is 2.39. The second kappa shape index (κ2) is 7.65. The molecule has 2 amide bonds. The van der Waals surface area contributed by atoms with E-state index in [9.17, 15) is 9.59 Å². The number of benzene rings is 1. The van der Waals surface area contributed by atoms with Gasteiger partial charge in [0.2, 0.25) is 5.91 Å². The maximum absolute atomic E-state index is 11.6. The lowest BCUT2D eigenvalue weighted by Crippen LogP contribution is -2.26. The third kappa shape index (κ3) is 5.40. The second-order valence-corrected chi connectivity index (χ2v) is 5.09. The maximum atomic E-state index is 11.6. The van der Waals surface area contributed by atoms with Crippen LogP contribution in [0.15, 0.2) is 24.3 Å². The van der Waals surface area contributed by atoms with E-state index in [0.717, 1.165) is 0 Å². The van der Waals surface area contributed by atoms with E-state index >= 15 is 0 Å². The Hall–Kier alpha value is -1.88. The first kappa shape index (κ1) is 16.2. The Morgan fingerprint density at radius 1 is 1.05 bits per heavy atom. The Kier molecular flexibility index (Phi) is 6.18. The van der Waals surface area contributed by atoms with Crippen molar-refractivity contribution in [3.8, 4) is 0 Å². The van der Waals surface area contributed by atoms with Crippen LogP contribution >= 0.6 is 0 Å². The second-order valence-electron chi connectivity index (χ2n) is 5.09. The van der Waals surface area contributed by atoms with Crippen molar-refractivity contribution in [3.63, 3.8) is 0 Å². The lowest BCUT2D eigenvalue weighted by molar-refractivity contribution is -0.124. The fourth-order valence-corrected chi connectivity index (χ4v) is 1.57. The molecule has 2 N–H and O–H groups in total. The number of methoxy groups -OCH3 is 1. The monoisotopic (exact) mass is 278 g/mol. The number of ether oxygens (including phenoxy) is 1. The highest BCUT2D eigenvalue weighted by Crippen LogP contribution is 2.15. The average molecular weight is 278 g/mol. The van der Waals surface area contributed by atoms with Gasteiger partial charge in [-0.25, -0.2) is 0 Å². The number of amides is 2. The molecule has 0 aliphatic rings. The van der Waals surface area contributed by atoms with Crippen molar-refractivity contribution in [2.75, 3.05) is 17.7 Å². The summed E-state index contributed by atoms with van der Waals surface area (Å²) in [6.45, 7) is 5.67. The Labute approximate surface area is 119 Å². The summed E-state index contributed by atoms with van der Waals surface area (Å²) in [4.78, 5) is 23.2. The molecular formula is C15H22N2O3. The molecule has 0 radical (unpaired) electrons. The van der Waals surface area contributed by atoms with Crippen molar-refractivity contribution in [3.05, 3.63) is 24.3 Å². The van der Waals surface area contributed by atoms with Crippen molar-refractivity contribution in [1.82, 2.24) is 0 Å². The first-order chi connectivity index (χ1) is 9.42. The van der Waals surface area contributed by atoms with Gasteiger partial charge in [0, 0.05) is 24.9 Å². The normalized spacial score (nSPS) is 12.1. The van der Waals surface area contributed by atoms with E-state index in [1.54, 1.807) is 31.2 Å². The molecule has 0 saturated carbocycles. The van der Waals surface area contributed by atoms with Crippen LogP contribution in [0.1, 0.15) is 27.2 Å². The van der Waals surface area contributed by atoms with Crippen LogP contribution in [0.4, 0.5) is 11.4 Å². The lowest BCUT2D eigenvalue weighted by atomic mass is 10.1. The topological polar surface area (TPSA) is 67.4 Å². The zero-order chi connectivity index (χ0) is 15.1. The van der Waals surface area contributed by atoms with E-state index in [0.29, 0.717) is 23.7 Å². The van der Waals surface area contributed by atoms with Gasteiger partial charge in [0.25, 0.3) is 5.91 Å². The zero-order valence-electron chi connectivity index (χ0n) is 12.4. The smallest absolute Gasteiger partial charge is 0.253 e. The number of carbonyl (C=O) groups is 2. The number of hydrogen-bond donors (Lipinski definition) is 2. The molecule has 20 heavy (non-hydrogen) atoms. The Morgan fingerprint density at radius 2 is 1.55 bits per heavy atom. The summed E-state index contributed by atoms with van der Waals surface area (Å²) < 4.78 is 4.93. The summed E-state index contributed by atoms with van der Waals surface area (Å²) in [6.07, 6.45) is -0.00969. The van der Waals surface area contributed by atoms with Crippen LogP contribution < -0.4 is 10.6 Å². The molecule has 110 valence electrons. The van der Waals surface area contributed by atoms with Gasteiger partial charge in [0.1, 0.15) is 6.10 Å². The van der Waals surface area contributed by atoms with Crippen molar-refractivity contribution >= 4 is 23.2 Å². The summed E-state index contributed by atoms with van der Waals surface area (Å²) in [7, 11) is 1.48. The van der Waals surface area contributed by atoms with Gasteiger partial charge >= 0.3 is 0 Å². The predicted molar refractivity (Wildman–Crippen MR) is 79.6 cm³/mol. The lowest BCUT2D eigenvalue weighted by Gasteiger charge is -2.11. The predicted octanol–water partition coefficient (Wildman–Crippen LogP) is 2.64. The molecule has 1 rings (SSSR count). The number of rotatable bonds is 6. The maximum Gasteiger partial charge on any atom is 0.253 e. The SMILES string of the molecule is COC(C)C(=O)Nc1ccc(NC(=O)CC(C)C)cc1. The Bertz CT molecular complexity index is 455. The van der Waals surface area contributed by atoms with E-state index in [1.165, 1.54) is 7.11 Å². The molecule has 1 atom stereocenters. The minimum absolute atomic E-state index is 0.00945. The molecule has 0 heterocycles. The molecule has 0 aliphatic heterocycles. The minimum Gasteiger partial charge on any atom is -0.372 e. The molecule has 5 nitrogen and oxygen atoms in total. The summed E-state index contributed by atoms with van der Waals surface area (Å²) >= 11 is 0. The number of anilines is 2. The first-order valence-corrected chi connectivity index (χ1v) is 6.66. The van der Waals surface area contributed by atoms with Crippen molar-refractivity contribution in [2.45, 2.75) is 33.3 Å². The van der Waals surface area contributed by atoms with Crippen LogP contribution in [0, 0.1) is 5.92 Å². The zero-order valence-corrected chi connectivity index (χ0v) is 12.4. The van der Waals surface area contributed by atoms with Gasteiger partial charge in [-0.2, -0.15) is 0 Å². The van der Waals surface area contributed by atoms with Crippen molar-refractivity contribution in [1.29, 1.82) is 0 Å². The number of nitrogens with one attached hydrogen (secondary N) is 2. The summed E-state index contributed by atoms with van der Waals surface area (Å²) in [5.41, 5.74) is 1.38. The fraction of sp³-hybridized carbons (Fsp3) is 0.467. The van der Waals surface area contributed by atoms with E-state index in [-0.39, 0.29) is 11.8 Å². The van der Waals surface area contributed by atoms with E-state index < -0.39 is 6.10 Å². The van der Waals surface area contributed by atoms with E-state index in [4.69, 9.17) is 4.74 Å². The molecular weight excluding hydrogens is 256 g/mol. The van der Waals surface area contributed by atoms with Gasteiger partial charge in [-0.05, 0) is 37.1 Å². The van der Waals surface area contributed by atoms with Crippen molar-refractivity contribution < 1.29 is 14.3 Å². The molecule has 0 spiro atoms. The standard InChI is InChI=1S/C15H22N2O3/c1-10(2)9-14(18)16-12-5-7-13(8-6-12)17-15(19)11(3)20-4/h5-8,10-11H,9H2,1-4H3,(H,16,18)(H,17,19). The molecule has 0 bridgehead atoms. The molecule has 1 aromatic rings. The third-order valence-electron chi connectivity index (χ3n) is 2.75. The summed E-state index contributed by atoms with van der Waals surface area (Å²) in [6, 6.07) is 6.99. The summed E-state index contributed by atoms with van der Waals surface area (Å²) in [5, 5.41) is 5.54. The Balaban J connectivity index is 2.56. The molecule has 5 heteroatoms. The highest BCUT2D eigenvalue weighted by Gasteiger charge is 2.11. The fourth-order valence-electron chi connectivity index (χ4n) is 1.57. The highest BCUT2D eigenvalue weighted by atomic mass is 16.5. The van der Waals surface area contributed by atoms with E-state index in [1.807, 2.05) is 13.8 Å². The van der Waals surface area contributed by atoms with Crippen LogP contribution in [0.25, 0.3) is 0 Å². The van der Waals surface area contributed by atoms with Gasteiger partial charge in [0.15, 0.2) is 0 Å². The molecule has 0 aliphatic carbocycles.